The number of unbranched alkanes of at least 4 members (excludes halogenated alkanes) is 1. The van der Waals surface area contributed by atoms with Crippen LogP contribution >= 0.6 is 11.6 Å². The van der Waals surface area contributed by atoms with Crippen molar-refractivity contribution in [2.45, 2.75) is 26.0 Å². The van der Waals surface area contributed by atoms with Gasteiger partial charge in [-0.3, -0.25) is 0 Å². The minimum atomic E-state index is -0.309. The van der Waals surface area contributed by atoms with Crippen molar-refractivity contribution >= 4 is 34.0 Å². The molecule has 0 aliphatic rings. The first-order chi connectivity index (χ1) is 19.1. The maximum absolute atomic E-state index is 13.4. The van der Waals surface area contributed by atoms with Crippen molar-refractivity contribution in [1.82, 2.24) is 15.3 Å². The van der Waals surface area contributed by atoms with Crippen molar-refractivity contribution in [3.8, 4) is 17.1 Å². The molecule has 200 valence electrons. The molecule has 0 aliphatic carbocycles. The summed E-state index contributed by atoms with van der Waals surface area (Å²) in [6.45, 7) is 1.86. The first-order valence-electron chi connectivity index (χ1n) is 12.7. The minimum absolute atomic E-state index is 0.206. The Labute approximate surface area is 230 Å². The summed E-state index contributed by atoms with van der Waals surface area (Å²) in [6.07, 6.45) is 3.21. The second-order valence-electron chi connectivity index (χ2n) is 9.02. The smallest absolute Gasteiger partial charge is 0.141 e. The van der Waals surface area contributed by atoms with Crippen LogP contribution in [0.15, 0.2) is 83.5 Å². The molecule has 9 heteroatoms. The number of furan rings is 1. The van der Waals surface area contributed by atoms with E-state index in [1.807, 2.05) is 36.4 Å². The second kappa shape index (κ2) is 12.7. The fourth-order valence-corrected chi connectivity index (χ4v) is 4.37. The highest BCUT2D eigenvalue weighted by atomic mass is 35.5. The molecular weight excluding hydrogens is 519 g/mol. The molecule has 0 spiro atoms. The summed E-state index contributed by atoms with van der Waals surface area (Å²) in [6, 6.07) is 21.4. The van der Waals surface area contributed by atoms with Crippen LogP contribution in [0.5, 0.6) is 5.75 Å². The molecule has 5 rings (SSSR count). The number of hydrogen-bond acceptors (Lipinski definition) is 7. The number of aliphatic hydroxyl groups excluding tert-OH is 1. The quantitative estimate of drug-likeness (QED) is 0.147. The van der Waals surface area contributed by atoms with Crippen molar-refractivity contribution in [3.05, 3.63) is 101 Å². The zero-order valence-electron chi connectivity index (χ0n) is 21.2. The second-order valence-corrected chi connectivity index (χ2v) is 9.42. The number of nitrogens with one attached hydrogen (secondary N) is 2. The maximum Gasteiger partial charge on any atom is 0.141 e. The molecule has 0 saturated carbocycles. The van der Waals surface area contributed by atoms with Crippen LogP contribution in [0.25, 0.3) is 22.2 Å². The normalized spacial score (nSPS) is 11.2. The van der Waals surface area contributed by atoms with Crippen LogP contribution in [-0.4, -0.2) is 28.2 Å². The third-order valence-corrected chi connectivity index (χ3v) is 6.42. The van der Waals surface area contributed by atoms with Crippen molar-refractivity contribution in [2.75, 3.05) is 18.5 Å². The summed E-state index contributed by atoms with van der Waals surface area (Å²) in [5.74, 6) is 2.41. The van der Waals surface area contributed by atoms with Gasteiger partial charge in [0.25, 0.3) is 0 Å². The van der Waals surface area contributed by atoms with Gasteiger partial charge < -0.3 is 24.9 Å². The van der Waals surface area contributed by atoms with Gasteiger partial charge in [0.05, 0.1) is 17.1 Å². The predicted molar refractivity (Wildman–Crippen MR) is 151 cm³/mol. The van der Waals surface area contributed by atoms with Crippen molar-refractivity contribution in [2.24, 2.45) is 0 Å². The Kier molecular flexibility index (Phi) is 8.68. The van der Waals surface area contributed by atoms with Gasteiger partial charge in [0, 0.05) is 23.2 Å². The van der Waals surface area contributed by atoms with E-state index in [4.69, 9.17) is 25.9 Å². The number of hydrogen-bond donors (Lipinski definition) is 3. The maximum atomic E-state index is 13.4. The molecule has 3 aromatic carbocycles. The largest absolute Gasteiger partial charge is 0.487 e. The van der Waals surface area contributed by atoms with Gasteiger partial charge in [-0.05, 0) is 85.6 Å². The highest BCUT2D eigenvalue weighted by Gasteiger charge is 2.11. The fraction of sp³-hybridized carbons (Fsp3) is 0.200. The van der Waals surface area contributed by atoms with Crippen LogP contribution in [0.3, 0.4) is 0 Å². The van der Waals surface area contributed by atoms with Gasteiger partial charge in [0.1, 0.15) is 41.8 Å². The Morgan fingerprint density at radius 2 is 1.90 bits per heavy atom. The van der Waals surface area contributed by atoms with E-state index in [-0.39, 0.29) is 19.0 Å². The van der Waals surface area contributed by atoms with Gasteiger partial charge in [-0.15, -0.1) is 0 Å². The topological polar surface area (TPSA) is 92.4 Å². The van der Waals surface area contributed by atoms with Gasteiger partial charge in [-0.25, -0.2) is 14.4 Å². The molecule has 0 aliphatic heterocycles. The average Bonchev–Trinajstić information content (AvgIpc) is 3.41. The van der Waals surface area contributed by atoms with Crippen LogP contribution in [0.1, 0.15) is 24.2 Å². The van der Waals surface area contributed by atoms with Gasteiger partial charge in [0.15, 0.2) is 0 Å². The van der Waals surface area contributed by atoms with E-state index < -0.39 is 0 Å². The molecule has 0 unspecified atom stereocenters. The molecule has 0 bridgehead atoms. The number of aromatic nitrogens is 2. The highest BCUT2D eigenvalue weighted by Crippen LogP contribution is 2.32. The summed E-state index contributed by atoms with van der Waals surface area (Å²) >= 11 is 6.48. The van der Waals surface area contributed by atoms with Gasteiger partial charge in [-0.2, -0.15) is 0 Å². The zero-order chi connectivity index (χ0) is 27.0. The molecule has 39 heavy (non-hydrogen) atoms. The minimum Gasteiger partial charge on any atom is -0.487 e. The first kappa shape index (κ1) is 26.6. The Hall–Kier alpha value is -3.98. The van der Waals surface area contributed by atoms with E-state index in [9.17, 15) is 4.39 Å². The Balaban J connectivity index is 1.29. The molecule has 0 atom stereocenters. The molecule has 0 fully saturated rings. The van der Waals surface area contributed by atoms with Crippen LogP contribution < -0.4 is 15.4 Å². The number of ether oxygens (including phenoxy) is 1. The number of nitrogens with zero attached hydrogens (tertiary/aromatic N) is 2. The molecule has 2 heterocycles. The van der Waals surface area contributed by atoms with Crippen LogP contribution in [-0.2, 0) is 13.2 Å². The lowest BCUT2D eigenvalue weighted by atomic mass is 10.1. The molecule has 7 nitrogen and oxygen atoms in total. The van der Waals surface area contributed by atoms with E-state index in [1.165, 1.54) is 18.5 Å². The van der Waals surface area contributed by atoms with Crippen molar-refractivity contribution in [1.29, 1.82) is 0 Å². The van der Waals surface area contributed by atoms with E-state index in [0.29, 0.717) is 23.1 Å². The summed E-state index contributed by atoms with van der Waals surface area (Å²) in [7, 11) is 0. The molecule has 0 amide bonds. The third-order valence-electron chi connectivity index (χ3n) is 6.12. The molecule has 2 aromatic heterocycles. The van der Waals surface area contributed by atoms with E-state index >= 15 is 0 Å². The van der Waals surface area contributed by atoms with Gasteiger partial charge in [-0.1, -0.05) is 23.7 Å². The van der Waals surface area contributed by atoms with Crippen LogP contribution in [0.4, 0.5) is 15.9 Å². The van der Waals surface area contributed by atoms with E-state index in [0.717, 1.165) is 58.6 Å². The number of rotatable bonds is 12. The van der Waals surface area contributed by atoms with E-state index in [1.54, 1.807) is 24.3 Å². The first-order valence-corrected chi connectivity index (χ1v) is 13.1. The molecular formula is C30H28ClFN4O3. The standard InChI is InChI=1S/C30H28ClFN4O3/c31-26-16-23(7-10-29(26)38-18-20-4-3-5-22(32)14-20)36-30-25-15-21(6-9-27(25)34-19-35-30)28-11-8-24(39-28)17-33-12-1-2-13-37/h3-11,14-16,19,33,37H,1-2,12-13,17-18H2,(H,34,35,36). The summed E-state index contributed by atoms with van der Waals surface area (Å²) < 4.78 is 25.3. The predicted octanol–water partition coefficient (Wildman–Crippen LogP) is 6.87. The SMILES string of the molecule is OCCCCNCc1ccc(-c2ccc3ncnc(Nc4ccc(OCc5cccc(F)c5)c(Cl)c4)c3c2)o1. The monoisotopic (exact) mass is 546 g/mol. The third kappa shape index (κ3) is 6.92. The van der Waals surface area contributed by atoms with Crippen LogP contribution in [0, 0.1) is 5.82 Å². The summed E-state index contributed by atoms with van der Waals surface area (Å²) in [5, 5.41) is 16.8. The Morgan fingerprint density at radius 1 is 0.974 bits per heavy atom. The molecule has 3 N–H and O–H groups in total. The van der Waals surface area contributed by atoms with E-state index in [2.05, 4.69) is 20.6 Å². The number of fused-ring (bicyclic) bond motifs is 1. The number of benzene rings is 3. The molecule has 0 saturated heterocycles. The highest BCUT2D eigenvalue weighted by molar-refractivity contribution is 6.32. The molecule has 5 aromatic rings. The Bertz CT molecular complexity index is 1560. The van der Waals surface area contributed by atoms with Crippen molar-refractivity contribution in [3.63, 3.8) is 0 Å². The summed E-state index contributed by atoms with van der Waals surface area (Å²) in [4.78, 5) is 8.85. The molecule has 0 radical (unpaired) electrons. The number of halogens is 2. The number of anilines is 2. The van der Waals surface area contributed by atoms with Crippen LogP contribution in [0.2, 0.25) is 5.02 Å². The number of aliphatic hydroxyl groups is 1. The lowest BCUT2D eigenvalue weighted by Gasteiger charge is -2.12. The fourth-order valence-electron chi connectivity index (χ4n) is 4.13. The van der Waals surface area contributed by atoms with Gasteiger partial charge in [0.2, 0.25) is 0 Å². The van der Waals surface area contributed by atoms with Crippen molar-refractivity contribution < 1.29 is 18.7 Å². The lowest BCUT2D eigenvalue weighted by Crippen LogP contribution is -2.14. The zero-order valence-corrected chi connectivity index (χ0v) is 21.9. The Morgan fingerprint density at radius 3 is 2.74 bits per heavy atom. The van der Waals surface area contributed by atoms with Gasteiger partial charge >= 0.3 is 0 Å². The summed E-state index contributed by atoms with van der Waals surface area (Å²) in [5.41, 5.74) is 3.14. The average molecular weight is 547 g/mol. The lowest BCUT2D eigenvalue weighted by molar-refractivity contribution is 0.283.